The van der Waals surface area contributed by atoms with Crippen molar-refractivity contribution in [3.05, 3.63) is 48.6 Å². The normalized spacial score (nSPS) is 33.0. The minimum Gasteiger partial charge on any atom is -0.465 e. The highest BCUT2D eigenvalue weighted by atomic mass is 16.6. The first-order valence-corrected chi connectivity index (χ1v) is 14.2. The number of carbonyl (C=O) groups excluding carboxylic acids is 3. The van der Waals surface area contributed by atoms with E-state index in [1.165, 1.54) is 4.90 Å². The van der Waals surface area contributed by atoms with Gasteiger partial charge >= 0.3 is 5.97 Å². The van der Waals surface area contributed by atoms with Crippen molar-refractivity contribution < 1.29 is 29.0 Å². The summed E-state index contributed by atoms with van der Waals surface area (Å²) in [6.45, 7) is 2.64. The van der Waals surface area contributed by atoms with E-state index in [4.69, 9.17) is 9.47 Å². The van der Waals surface area contributed by atoms with Crippen LogP contribution < -0.4 is 0 Å². The Morgan fingerprint density at radius 1 is 1.07 bits per heavy atom. The van der Waals surface area contributed by atoms with Crippen LogP contribution in [0.25, 0.3) is 11.0 Å². The summed E-state index contributed by atoms with van der Waals surface area (Å²) in [6.07, 6.45) is 10.8. The maximum absolute atomic E-state index is 14.4. The Morgan fingerprint density at radius 2 is 1.93 bits per heavy atom. The van der Waals surface area contributed by atoms with Gasteiger partial charge in [-0.3, -0.25) is 14.4 Å². The molecule has 4 aliphatic rings. The third-order valence-electron chi connectivity index (χ3n) is 8.75. The zero-order chi connectivity index (χ0) is 27.9. The van der Waals surface area contributed by atoms with Crippen LogP contribution >= 0.6 is 0 Å². The largest absolute Gasteiger partial charge is 0.465 e. The van der Waals surface area contributed by atoms with Crippen LogP contribution in [0.3, 0.4) is 0 Å². The molecule has 6 rings (SSSR count). The standard InChI is InChI=1S/C29H35N5O6/c1-2-28-13-7-3-4-8-18-39-27(38)23(28)22-25(36)33(16-10-17-35)24-26(37)32(15-9-14-29(22,24)40-28)19-34-21-12-6-5-11-20(21)30-31-34/h5-7,9,11-14,22-24,35H,2-4,8,10,15-19H2,1H3/b13-7-/t22-,23-,24?,28+,29-/m0/s1. The number of nitrogens with zero attached hydrogens (tertiary/aromatic N) is 5. The topological polar surface area (TPSA) is 127 Å². The molecule has 2 amide bonds. The summed E-state index contributed by atoms with van der Waals surface area (Å²) in [5.74, 6) is -2.93. The molecule has 2 aromatic rings. The Hall–Kier alpha value is -3.57. The van der Waals surface area contributed by atoms with Gasteiger partial charge in [0.05, 0.1) is 18.0 Å². The molecule has 11 nitrogen and oxygen atoms in total. The fourth-order valence-corrected chi connectivity index (χ4v) is 6.88. The molecule has 1 spiro atoms. The number of allylic oxidation sites excluding steroid dienone is 1. The molecule has 5 atom stereocenters. The van der Waals surface area contributed by atoms with Crippen LogP contribution in [0.4, 0.5) is 0 Å². The van der Waals surface area contributed by atoms with Crippen LogP contribution in [0.2, 0.25) is 0 Å². The van der Waals surface area contributed by atoms with Gasteiger partial charge in [-0.25, -0.2) is 4.68 Å². The number of ether oxygens (including phenoxy) is 2. The Labute approximate surface area is 232 Å². The number of rotatable bonds is 6. The molecule has 1 aromatic heterocycles. The summed E-state index contributed by atoms with van der Waals surface area (Å²) in [6, 6.07) is 6.51. The molecular weight excluding hydrogens is 514 g/mol. The van der Waals surface area contributed by atoms with Gasteiger partial charge in [-0.15, -0.1) is 5.10 Å². The van der Waals surface area contributed by atoms with Crippen molar-refractivity contribution in [3.63, 3.8) is 0 Å². The van der Waals surface area contributed by atoms with E-state index in [1.807, 2.05) is 55.5 Å². The summed E-state index contributed by atoms with van der Waals surface area (Å²) in [5.41, 5.74) is -0.940. The number of benzene rings is 1. The first-order chi connectivity index (χ1) is 19.5. The van der Waals surface area contributed by atoms with Gasteiger partial charge in [-0.05, 0) is 44.2 Å². The van der Waals surface area contributed by atoms with Crippen molar-refractivity contribution in [2.75, 3.05) is 26.3 Å². The number of aliphatic hydroxyl groups excluding tert-OH is 1. The van der Waals surface area contributed by atoms with Gasteiger partial charge in [0.15, 0.2) is 0 Å². The number of esters is 1. The molecule has 5 heterocycles. The smallest absolute Gasteiger partial charge is 0.313 e. The minimum atomic E-state index is -1.36. The zero-order valence-electron chi connectivity index (χ0n) is 22.6. The van der Waals surface area contributed by atoms with Crippen molar-refractivity contribution in [2.45, 2.75) is 62.9 Å². The summed E-state index contributed by atoms with van der Waals surface area (Å²) in [7, 11) is 0. The van der Waals surface area contributed by atoms with Gasteiger partial charge in [-0.1, -0.05) is 48.6 Å². The fraction of sp³-hybridized carbons (Fsp3) is 0.552. The lowest BCUT2D eigenvalue weighted by Crippen LogP contribution is -2.56. The van der Waals surface area contributed by atoms with Crippen LogP contribution in [-0.4, -0.2) is 91.2 Å². The van der Waals surface area contributed by atoms with E-state index >= 15 is 0 Å². The van der Waals surface area contributed by atoms with Crippen molar-refractivity contribution in [1.82, 2.24) is 24.8 Å². The van der Waals surface area contributed by atoms with E-state index in [1.54, 1.807) is 9.58 Å². The van der Waals surface area contributed by atoms with Crippen molar-refractivity contribution >= 4 is 28.8 Å². The molecule has 212 valence electrons. The molecule has 1 N–H and O–H groups in total. The molecule has 1 unspecified atom stereocenters. The number of fused-ring (bicyclic) bond motifs is 3. The van der Waals surface area contributed by atoms with Gasteiger partial charge in [0.2, 0.25) is 5.91 Å². The lowest BCUT2D eigenvalue weighted by Gasteiger charge is -2.38. The average molecular weight is 550 g/mol. The number of hydrogen-bond acceptors (Lipinski definition) is 8. The van der Waals surface area contributed by atoms with Gasteiger partial charge in [-0.2, -0.15) is 0 Å². The average Bonchev–Trinajstić information content (AvgIpc) is 3.53. The molecule has 2 fully saturated rings. The van der Waals surface area contributed by atoms with E-state index in [9.17, 15) is 19.5 Å². The second kappa shape index (κ2) is 10.4. The van der Waals surface area contributed by atoms with Gasteiger partial charge in [0, 0.05) is 19.7 Å². The number of aliphatic hydroxyl groups is 1. The quantitative estimate of drug-likeness (QED) is 0.427. The first kappa shape index (κ1) is 26.6. The second-order valence-corrected chi connectivity index (χ2v) is 11.0. The molecule has 4 aliphatic heterocycles. The Balaban J connectivity index is 1.43. The summed E-state index contributed by atoms with van der Waals surface area (Å²) >= 11 is 0. The Bertz CT molecular complexity index is 1370. The van der Waals surface area contributed by atoms with E-state index in [-0.39, 0.29) is 44.8 Å². The van der Waals surface area contributed by atoms with Crippen molar-refractivity contribution in [3.8, 4) is 0 Å². The maximum atomic E-state index is 14.4. The van der Waals surface area contributed by atoms with E-state index in [2.05, 4.69) is 10.3 Å². The van der Waals surface area contributed by atoms with E-state index in [0.717, 1.165) is 30.3 Å². The molecular formula is C29H35N5O6. The monoisotopic (exact) mass is 549 g/mol. The zero-order valence-corrected chi connectivity index (χ0v) is 22.6. The molecule has 40 heavy (non-hydrogen) atoms. The third kappa shape index (κ3) is 4.05. The molecule has 0 aliphatic carbocycles. The van der Waals surface area contributed by atoms with Gasteiger partial charge in [0.1, 0.15) is 35.3 Å². The predicted octanol–water partition coefficient (Wildman–Crippen LogP) is 1.81. The number of para-hydroxylation sites is 1. The molecule has 2 saturated heterocycles. The third-order valence-corrected chi connectivity index (χ3v) is 8.75. The lowest BCUT2D eigenvalue weighted by atomic mass is 9.73. The number of carbonyl (C=O) groups is 3. The number of cyclic esters (lactones) is 1. The summed E-state index contributed by atoms with van der Waals surface area (Å²) < 4.78 is 14.3. The van der Waals surface area contributed by atoms with Crippen LogP contribution in [0.5, 0.6) is 0 Å². The summed E-state index contributed by atoms with van der Waals surface area (Å²) in [4.78, 5) is 45.4. The predicted molar refractivity (Wildman–Crippen MR) is 143 cm³/mol. The van der Waals surface area contributed by atoms with E-state index < -0.39 is 35.0 Å². The molecule has 0 radical (unpaired) electrons. The number of likely N-dealkylation sites (tertiary alicyclic amines) is 1. The van der Waals surface area contributed by atoms with E-state index in [0.29, 0.717) is 12.8 Å². The highest BCUT2D eigenvalue weighted by Crippen LogP contribution is 2.58. The van der Waals surface area contributed by atoms with Crippen LogP contribution in [-0.2, 0) is 30.5 Å². The molecule has 1 aromatic carbocycles. The molecule has 0 bridgehead atoms. The summed E-state index contributed by atoms with van der Waals surface area (Å²) in [5, 5.41) is 18.1. The second-order valence-electron chi connectivity index (χ2n) is 11.0. The highest BCUT2D eigenvalue weighted by molar-refractivity contribution is 5.99. The fourth-order valence-electron chi connectivity index (χ4n) is 6.88. The maximum Gasteiger partial charge on any atom is 0.313 e. The van der Waals surface area contributed by atoms with Crippen LogP contribution in [0.1, 0.15) is 39.0 Å². The van der Waals surface area contributed by atoms with Crippen molar-refractivity contribution in [2.24, 2.45) is 11.8 Å². The first-order valence-electron chi connectivity index (χ1n) is 14.2. The molecule has 0 saturated carbocycles. The van der Waals surface area contributed by atoms with Crippen LogP contribution in [0, 0.1) is 11.8 Å². The molecule has 11 heteroatoms. The minimum absolute atomic E-state index is 0.132. The van der Waals surface area contributed by atoms with Gasteiger partial charge < -0.3 is 24.4 Å². The van der Waals surface area contributed by atoms with Crippen molar-refractivity contribution in [1.29, 1.82) is 0 Å². The Kier molecular flexibility index (Phi) is 6.95. The van der Waals surface area contributed by atoms with Crippen LogP contribution in [0.15, 0.2) is 48.6 Å². The Morgan fingerprint density at radius 3 is 2.75 bits per heavy atom. The lowest BCUT2D eigenvalue weighted by molar-refractivity contribution is -0.162. The number of amides is 2. The number of hydrogen-bond donors (Lipinski definition) is 1. The number of aromatic nitrogens is 3. The van der Waals surface area contributed by atoms with Gasteiger partial charge in [0.25, 0.3) is 5.91 Å². The highest BCUT2D eigenvalue weighted by Gasteiger charge is 2.75. The SMILES string of the molecule is CC[C@@]12/C=C\CCCCOC(=O)[C@@H]1[C@H]1C(=O)N(CCCO)C3C(=O)N(Cn4nnc5ccccc54)CC=C[C@@]31O2.